The average molecular weight is 259 g/mol. The minimum Gasteiger partial charge on any atom is -0.319 e. The highest BCUT2D eigenvalue weighted by atomic mass is 16.2. The molecule has 4 nitrogen and oxygen atoms in total. The van der Waals surface area contributed by atoms with E-state index >= 15 is 0 Å². The predicted molar refractivity (Wildman–Crippen MR) is 74.9 cm³/mol. The molecule has 2 amide bonds. The van der Waals surface area contributed by atoms with Gasteiger partial charge in [0.05, 0.1) is 6.04 Å². The first kappa shape index (κ1) is 12.5. The number of rotatable bonds is 2. The summed E-state index contributed by atoms with van der Waals surface area (Å²) in [5.74, 6) is 0. The topological polar surface area (TPSA) is 35.6 Å². The van der Waals surface area contributed by atoms with Gasteiger partial charge in [-0.2, -0.15) is 0 Å². The monoisotopic (exact) mass is 259 g/mol. The van der Waals surface area contributed by atoms with Crippen LogP contribution < -0.4 is 5.32 Å². The number of urea groups is 1. The Balaban J connectivity index is 1.77. The third-order valence-corrected chi connectivity index (χ3v) is 4.32. The van der Waals surface area contributed by atoms with Crippen LogP contribution in [0.15, 0.2) is 30.3 Å². The molecule has 1 aromatic carbocycles. The number of hydrogen-bond donors (Lipinski definition) is 1. The average Bonchev–Trinajstić information content (AvgIpc) is 2.77. The summed E-state index contributed by atoms with van der Waals surface area (Å²) in [5, 5.41) is 3.36. The van der Waals surface area contributed by atoms with Gasteiger partial charge in [-0.15, -0.1) is 0 Å². The Labute approximate surface area is 114 Å². The molecule has 102 valence electrons. The predicted octanol–water partition coefficient (Wildman–Crippen LogP) is 1.85. The number of nitrogens with one attached hydrogen (secondary N) is 1. The third-order valence-electron chi connectivity index (χ3n) is 4.32. The second-order valence-corrected chi connectivity index (χ2v) is 5.45. The van der Waals surface area contributed by atoms with Gasteiger partial charge in [0, 0.05) is 19.6 Å². The molecule has 3 rings (SSSR count). The van der Waals surface area contributed by atoms with E-state index in [0.717, 1.165) is 32.5 Å². The maximum Gasteiger partial charge on any atom is 0.320 e. The van der Waals surface area contributed by atoms with Gasteiger partial charge in [-0.1, -0.05) is 30.3 Å². The minimum absolute atomic E-state index is 0.181. The third kappa shape index (κ3) is 2.32. The number of nitrogens with zero attached hydrogens (tertiary/aromatic N) is 2. The molecule has 4 heteroatoms. The Bertz CT molecular complexity index is 442. The van der Waals surface area contributed by atoms with Crippen molar-refractivity contribution in [2.24, 2.45) is 0 Å². The van der Waals surface area contributed by atoms with Crippen molar-refractivity contribution in [2.75, 3.05) is 26.7 Å². The lowest BCUT2D eigenvalue weighted by atomic mass is 10.0. The highest BCUT2D eigenvalue weighted by Gasteiger charge is 2.39. The summed E-state index contributed by atoms with van der Waals surface area (Å²) in [6.07, 6.45) is 2.14. The molecule has 0 aromatic heterocycles. The Hall–Kier alpha value is -1.55. The van der Waals surface area contributed by atoms with Crippen molar-refractivity contribution in [3.8, 4) is 0 Å². The van der Waals surface area contributed by atoms with E-state index < -0.39 is 0 Å². The number of carbonyl (C=O) groups is 1. The Morgan fingerprint density at radius 1 is 1.16 bits per heavy atom. The van der Waals surface area contributed by atoms with E-state index in [1.807, 2.05) is 30.1 Å². The van der Waals surface area contributed by atoms with Crippen LogP contribution in [0.1, 0.15) is 24.4 Å². The fourth-order valence-corrected chi connectivity index (χ4v) is 3.15. The van der Waals surface area contributed by atoms with E-state index in [1.165, 1.54) is 5.56 Å². The summed E-state index contributed by atoms with van der Waals surface area (Å²) >= 11 is 0. The molecule has 2 aliphatic rings. The van der Waals surface area contributed by atoms with Gasteiger partial charge in [-0.3, -0.25) is 0 Å². The Kier molecular flexibility index (Phi) is 3.42. The lowest BCUT2D eigenvalue weighted by Crippen LogP contribution is -2.44. The van der Waals surface area contributed by atoms with Crippen molar-refractivity contribution < 1.29 is 4.79 Å². The van der Waals surface area contributed by atoms with E-state index in [2.05, 4.69) is 22.3 Å². The fraction of sp³-hybridized carbons (Fsp3) is 0.533. The molecule has 2 aliphatic heterocycles. The van der Waals surface area contributed by atoms with Crippen molar-refractivity contribution in [3.05, 3.63) is 35.9 Å². The summed E-state index contributed by atoms with van der Waals surface area (Å²) in [6.45, 7) is 2.87. The number of hydrogen-bond acceptors (Lipinski definition) is 2. The molecule has 0 aliphatic carbocycles. The van der Waals surface area contributed by atoms with Crippen molar-refractivity contribution in [2.45, 2.75) is 24.9 Å². The molecule has 1 aromatic rings. The molecular formula is C15H21N3O. The van der Waals surface area contributed by atoms with E-state index in [1.54, 1.807) is 0 Å². The van der Waals surface area contributed by atoms with Gasteiger partial charge in [0.2, 0.25) is 0 Å². The van der Waals surface area contributed by atoms with Gasteiger partial charge in [-0.05, 0) is 31.5 Å². The van der Waals surface area contributed by atoms with E-state index in [-0.39, 0.29) is 12.1 Å². The van der Waals surface area contributed by atoms with Crippen LogP contribution in [-0.4, -0.2) is 48.6 Å². The van der Waals surface area contributed by atoms with Gasteiger partial charge < -0.3 is 15.1 Å². The van der Waals surface area contributed by atoms with E-state index in [4.69, 9.17) is 0 Å². The molecule has 0 bridgehead atoms. The van der Waals surface area contributed by atoms with E-state index in [9.17, 15) is 4.79 Å². The maximum atomic E-state index is 12.4. The number of piperidine rings is 1. The molecular weight excluding hydrogens is 238 g/mol. The zero-order chi connectivity index (χ0) is 13.2. The van der Waals surface area contributed by atoms with Crippen LogP contribution in [0.4, 0.5) is 4.79 Å². The van der Waals surface area contributed by atoms with Crippen LogP contribution in [-0.2, 0) is 0 Å². The second kappa shape index (κ2) is 5.21. The Morgan fingerprint density at radius 2 is 1.84 bits per heavy atom. The van der Waals surface area contributed by atoms with E-state index in [0.29, 0.717) is 6.04 Å². The molecule has 1 atom stereocenters. The molecule has 1 unspecified atom stereocenters. The van der Waals surface area contributed by atoms with Gasteiger partial charge >= 0.3 is 6.03 Å². The van der Waals surface area contributed by atoms with Gasteiger partial charge in [0.15, 0.2) is 0 Å². The first-order valence-electron chi connectivity index (χ1n) is 7.06. The maximum absolute atomic E-state index is 12.4. The van der Waals surface area contributed by atoms with Crippen molar-refractivity contribution in [1.29, 1.82) is 0 Å². The van der Waals surface area contributed by atoms with Crippen LogP contribution in [0.5, 0.6) is 0 Å². The fourth-order valence-electron chi connectivity index (χ4n) is 3.15. The van der Waals surface area contributed by atoms with Crippen molar-refractivity contribution >= 4 is 6.03 Å². The lowest BCUT2D eigenvalue weighted by molar-refractivity contribution is 0.170. The van der Waals surface area contributed by atoms with Crippen LogP contribution in [0, 0.1) is 0 Å². The molecule has 1 N–H and O–H groups in total. The van der Waals surface area contributed by atoms with Crippen LogP contribution >= 0.6 is 0 Å². The van der Waals surface area contributed by atoms with Crippen LogP contribution in [0.25, 0.3) is 0 Å². The smallest absolute Gasteiger partial charge is 0.319 e. The van der Waals surface area contributed by atoms with Crippen LogP contribution in [0.2, 0.25) is 0 Å². The number of carbonyl (C=O) groups excluding carboxylic acids is 1. The molecule has 2 fully saturated rings. The summed E-state index contributed by atoms with van der Waals surface area (Å²) in [6, 6.07) is 11.1. The molecule has 0 saturated carbocycles. The van der Waals surface area contributed by atoms with Crippen molar-refractivity contribution in [1.82, 2.24) is 15.1 Å². The highest BCUT2D eigenvalue weighted by Crippen LogP contribution is 2.30. The lowest BCUT2D eigenvalue weighted by Gasteiger charge is -2.30. The number of benzene rings is 1. The first-order chi connectivity index (χ1) is 9.27. The number of amides is 2. The zero-order valence-corrected chi connectivity index (χ0v) is 11.4. The minimum atomic E-state index is 0.181. The highest BCUT2D eigenvalue weighted by molar-refractivity contribution is 5.77. The SMILES string of the molecule is CN1C(=O)N(C2CCNCC2)CC1c1ccccc1. The summed E-state index contributed by atoms with van der Waals surface area (Å²) < 4.78 is 0. The van der Waals surface area contributed by atoms with Gasteiger partial charge in [0.25, 0.3) is 0 Å². The number of likely N-dealkylation sites (N-methyl/N-ethyl adjacent to an activating group) is 1. The van der Waals surface area contributed by atoms with Crippen molar-refractivity contribution in [3.63, 3.8) is 0 Å². The largest absolute Gasteiger partial charge is 0.320 e. The summed E-state index contributed by atoms with van der Waals surface area (Å²) in [7, 11) is 1.92. The second-order valence-electron chi connectivity index (χ2n) is 5.45. The normalized spacial score (nSPS) is 25.1. The molecule has 2 saturated heterocycles. The molecule has 0 spiro atoms. The molecule has 0 radical (unpaired) electrons. The first-order valence-corrected chi connectivity index (χ1v) is 7.06. The van der Waals surface area contributed by atoms with Gasteiger partial charge in [0.1, 0.15) is 0 Å². The Morgan fingerprint density at radius 3 is 2.53 bits per heavy atom. The molecule has 19 heavy (non-hydrogen) atoms. The quantitative estimate of drug-likeness (QED) is 0.879. The van der Waals surface area contributed by atoms with Crippen LogP contribution in [0.3, 0.4) is 0 Å². The standard InChI is InChI=1S/C15H21N3O/c1-17-14(12-5-3-2-4-6-12)11-18(15(17)19)13-7-9-16-10-8-13/h2-6,13-14,16H,7-11H2,1H3. The summed E-state index contributed by atoms with van der Waals surface area (Å²) in [5.41, 5.74) is 1.23. The van der Waals surface area contributed by atoms with Gasteiger partial charge in [-0.25, -0.2) is 4.79 Å². The zero-order valence-electron chi connectivity index (χ0n) is 11.4. The molecule has 2 heterocycles. The summed E-state index contributed by atoms with van der Waals surface area (Å²) in [4.78, 5) is 16.4.